The molecule has 2 amide bonds. The van der Waals surface area contributed by atoms with Gasteiger partial charge in [0.15, 0.2) is 0 Å². The number of urea groups is 1. The van der Waals surface area contributed by atoms with Gasteiger partial charge in [-0.25, -0.2) is 9.59 Å². The molecule has 0 aromatic heterocycles. The topological polar surface area (TPSA) is 78.4 Å². The van der Waals surface area contributed by atoms with Gasteiger partial charge in [0, 0.05) is 5.54 Å². The van der Waals surface area contributed by atoms with Crippen LogP contribution in [0.4, 0.5) is 4.79 Å². The lowest BCUT2D eigenvalue weighted by Crippen LogP contribution is -2.55. The number of amides is 2. The maximum atomic E-state index is 12.0. The van der Waals surface area contributed by atoms with Crippen molar-refractivity contribution >= 4 is 12.0 Å². The van der Waals surface area contributed by atoms with Gasteiger partial charge in [0.25, 0.3) is 0 Å². The van der Waals surface area contributed by atoms with Crippen molar-refractivity contribution in [3.05, 3.63) is 0 Å². The number of carboxylic acids is 1. The van der Waals surface area contributed by atoms with Gasteiger partial charge in [-0.1, -0.05) is 41.0 Å². The number of hydrogen-bond donors (Lipinski definition) is 3. The zero-order chi connectivity index (χ0) is 16.1. The maximum absolute atomic E-state index is 12.0. The highest BCUT2D eigenvalue weighted by Gasteiger charge is 2.30. The molecular weight excluding hydrogens is 256 g/mol. The lowest BCUT2D eigenvalue weighted by atomic mass is 9.82. The predicted molar refractivity (Wildman–Crippen MR) is 80.7 cm³/mol. The van der Waals surface area contributed by atoms with Gasteiger partial charge >= 0.3 is 12.0 Å². The molecule has 1 unspecified atom stereocenters. The second-order valence-corrected chi connectivity index (χ2v) is 7.42. The smallest absolute Gasteiger partial charge is 0.326 e. The van der Waals surface area contributed by atoms with Crippen molar-refractivity contribution < 1.29 is 14.7 Å². The standard InChI is InChI=1S/C15H30N2O3/c1-8-10(2)11(12(18)19)16-13(20)17-15(6,7)9-14(3,4)5/h10-11H,8-9H2,1-7H3,(H,18,19)(H2,16,17,20)/t10?,11-/m0/s1. The van der Waals surface area contributed by atoms with Gasteiger partial charge in [-0.2, -0.15) is 0 Å². The number of hydrogen-bond acceptors (Lipinski definition) is 2. The number of carboxylic acid groups (broad SMARTS) is 1. The largest absolute Gasteiger partial charge is 0.480 e. The van der Waals surface area contributed by atoms with Gasteiger partial charge in [0.05, 0.1) is 0 Å². The van der Waals surface area contributed by atoms with Crippen molar-refractivity contribution in [1.29, 1.82) is 0 Å². The summed E-state index contributed by atoms with van der Waals surface area (Å²) in [5, 5.41) is 14.6. The van der Waals surface area contributed by atoms with E-state index in [-0.39, 0.29) is 16.9 Å². The molecule has 0 bridgehead atoms. The average Bonchev–Trinajstić information content (AvgIpc) is 2.19. The summed E-state index contributed by atoms with van der Waals surface area (Å²) in [6, 6.07) is -1.28. The van der Waals surface area contributed by atoms with Gasteiger partial charge in [-0.15, -0.1) is 0 Å². The summed E-state index contributed by atoms with van der Waals surface area (Å²) in [6.45, 7) is 13.9. The Kier molecular flexibility index (Phi) is 6.51. The molecule has 118 valence electrons. The first-order valence-electron chi connectivity index (χ1n) is 7.19. The van der Waals surface area contributed by atoms with E-state index < -0.39 is 18.0 Å². The van der Waals surface area contributed by atoms with Crippen LogP contribution in [0.2, 0.25) is 0 Å². The van der Waals surface area contributed by atoms with Crippen LogP contribution >= 0.6 is 0 Å². The molecule has 0 aliphatic carbocycles. The Morgan fingerprint density at radius 2 is 1.65 bits per heavy atom. The fourth-order valence-corrected chi connectivity index (χ4v) is 2.54. The SMILES string of the molecule is CCC(C)[C@H](NC(=O)NC(C)(C)CC(C)(C)C)C(=O)O. The van der Waals surface area contributed by atoms with Gasteiger partial charge in [-0.05, 0) is 31.6 Å². The maximum Gasteiger partial charge on any atom is 0.326 e. The number of carbonyl (C=O) groups is 2. The highest BCUT2D eigenvalue weighted by atomic mass is 16.4. The van der Waals surface area contributed by atoms with E-state index >= 15 is 0 Å². The number of rotatable bonds is 6. The average molecular weight is 286 g/mol. The highest BCUT2D eigenvalue weighted by molar-refractivity contribution is 5.83. The van der Waals surface area contributed by atoms with E-state index in [4.69, 9.17) is 5.11 Å². The Morgan fingerprint density at radius 1 is 1.15 bits per heavy atom. The van der Waals surface area contributed by atoms with Crippen molar-refractivity contribution in [3.63, 3.8) is 0 Å². The quantitative estimate of drug-likeness (QED) is 0.702. The summed E-state index contributed by atoms with van der Waals surface area (Å²) >= 11 is 0. The molecule has 0 heterocycles. The first kappa shape index (κ1) is 18.7. The lowest BCUT2D eigenvalue weighted by Gasteiger charge is -2.34. The lowest BCUT2D eigenvalue weighted by molar-refractivity contribution is -0.140. The summed E-state index contributed by atoms with van der Waals surface area (Å²) in [4.78, 5) is 23.2. The van der Waals surface area contributed by atoms with E-state index in [0.717, 1.165) is 6.42 Å². The molecule has 0 aliphatic rings. The van der Waals surface area contributed by atoms with Gasteiger partial charge < -0.3 is 15.7 Å². The van der Waals surface area contributed by atoms with Crippen LogP contribution in [0, 0.1) is 11.3 Å². The molecule has 5 heteroatoms. The van der Waals surface area contributed by atoms with E-state index in [1.54, 1.807) is 0 Å². The monoisotopic (exact) mass is 286 g/mol. The molecule has 5 nitrogen and oxygen atoms in total. The van der Waals surface area contributed by atoms with Crippen LogP contribution < -0.4 is 10.6 Å². The molecule has 0 rings (SSSR count). The van der Waals surface area contributed by atoms with Crippen LogP contribution in [0.3, 0.4) is 0 Å². The minimum atomic E-state index is -0.997. The molecule has 0 spiro atoms. The van der Waals surface area contributed by atoms with Crippen molar-refractivity contribution in [2.24, 2.45) is 11.3 Å². The highest BCUT2D eigenvalue weighted by Crippen LogP contribution is 2.26. The zero-order valence-corrected chi connectivity index (χ0v) is 13.8. The number of nitrogens with one attached hydrogen (secondary N) is 2. The van der Waals surface area contributed by atoms with Gasteiger partial charge in [0.1, 0.15) is 6.04 Å². The third-order valence-electron chi connectivity index (χ3n) is 3.19. The molecule has 0 aliphatic heterocycles. The van der Waals surface area contributed by atoms with E-state index in [0.29, 0.717) is 6.42 Å². The zero-order valence-electron chi connectivity index (χ0n) is 13.8. The molecular formula is C15H30N2O3. The molecule has 0 aromatic rings. The number of carbonyl (C=O) groups excluding carboxylic acids is 1. The minimum Gasteiger partial charge on any atom is -0.480 e. The van der Waals surface area contributed by atoms with Crippen LogP contribution in [0.5, 0.6) is 0 Å². The van der Waals surface area contributed by atoms with E-state index in [1.165, 1.54) is 0 Å². The summed E-state index contributed by atoms with van der Waals surface area (Å²) in [7, 11) is 0. The summed E-state index contributed by atoms with van der Waals surface area (Å²) in [5.41, 5.74) is -0.305. The minimum absolute atomic E-state index is 0.0830. The molecule has 0 saturated carbocycles. The third-order valence-corrected chi connectivity index (χ3v) is 3.19. The Bertz CT molecular complexity index is 346. The van der Waals surface area contributed by atoms with Crippen LogP contribution in [0.1, 0.15) is 61.3 Å². The fourth-order valence-electron chi connectivity index (χ4n) is 2.54. The normalized spacial score (nSPS) is 15.3. The summed E-state index contributed by atoms with van der Waals surface area (Å²) < 4.78 is 0. The van der Waals surface area contributed by atoms with Crippen molar-refractivity contribution in [1.82, 2.24) is 10.6 Å². The molecule has 2 atom stereocenters. The molecule has 0 saturated heterocycles. The van der Waals surface area contributed by atoms with Crippen molar-refractivity contribution in [2.75, 3.05) is 0 Å². The van der Waals surface area contributed by atoms with Crippen LogP contribution in [-0.4, -0.2) is 28.7 Å². The Labute approximate surface area is 122 Å². The molecule has 3 N–H and O–H groups in total. The summed E-state index contributed by atoms with van der Waals surface area (Å²) in [6.07, 6.45) is 1.50. The fraction of sp³-hybridized carbons (Fsp3) is 0.867. The van der Waals surface area contributed by atoms with Crippen molar-refractivity contribution in [2.45, 2.75) is 72.9 Å². The predicted octanol–water partition coefficient (Wildman–Crippen LogP) is 3.00. The Balaban J connectivity index is 4.64. The van der Waals surface area contributed by atoms with Crippen LogP contribution in [-0.2, 0) is 4.79 Å². The van der Waals surface area contributed by atoms with Crippen LogP contribution in [0.25, 0.3) is 0 Å². The summed E-state index contributed by atoms with van der Waals surface area (Å²) in [5.74, 6) is -1.10. The van der Waals surface area contributed by atoms with Gasteiger partial charge in [0.2, 0.25) is 0 Å². The molecule has 0 radical (unpaired) electrons. The number of aliphatic carboxylic acids is 1. The molecule has 0 aromatic carbocycles. The second-order valence-electron chi connectivity index (χ2n) is 7.42. The Morgan fingerprint density at radius 3 is 2.00 bits per heavy atom. The van der Waals surface area contributed by atoms with E-state index in [2.05, 4.69) is 31.4 Å². The molecule has 0 fully saturated rings. The second kappa shape index (κ2) is 6.95. The Hall–Kier alpha value is -1.26. The van der Waals surface area contributed by atoms with E-state index in [1.807, 2.05) is 27.7 Å². The first-order chi connectivity index (χ1) is 8.88. The molecule has 20 heavy (non-hydrogen) atoms. The third kappa shape index (κ3) is 7.36. The van der Waals surface area contributed by atoms with E-state index in [9.17, 15) is 9.59 Å². The van der Waals surface area contributed by atoms with Crippen molar-refractivity contribution in [3.8, 4) is 0 Å². The first-order valence-corrected chi connectivity index (χ1v) is 7.19. The van der Waals surface area contributed by atoms with Gasteiger partial charge in [-0.3, -0.25) is 0 Å². The van der Waals surface area contributed by atoms with Crippen LogP contribution in [0.15, 0.2) is 0 Å².